The Morgan fingerprint density at radius 3 is 2.37 bits per heavy atom. The predicted octanol–water partition coefficient (Wildman–Crippen LogP) is 3.79. The minimum Gasteiger partial charge on any atom is -0.372 e. The first-order valence-electron chi connectivity index (χ1n) is 9.53. The maximum Gasteiger partial charge on any atom is 0.272 e. The van der Waals surface area contributed by atoms with Crippen LogP contribution in [0.5, 0.6) is 0 Å². The van der Waals surface area contributed by atoms with Crippen LogP contribution in [-0.2, 0) is 6.54 Å². The summed E-state index contributed by atoms with van der Waals surface area (Å²) in [6.45, 7) is 2.78. The first-order chi connectivity index (χ1) is 13.3. The molecule has 5 nitrogen and oxygen atoms in total. The monoisotopic (exact) mass is 360 g/mol. The molecule has 0 aliphatic carbocycles. The number of nitrogens with zero attached hydrogens (tertiary/aromatic N) is 3. The van der Waals surface area contributed by atoms with E-state index in [1.54, 1.807) is 16.9 Å². The van der Waals surface area contributed by atoms with Crippen molar-refractivity contribution in [2.24, 2.45) is 0 Å². The number of hydrogen-bond donors (Lipinski definition) is 1. The molecule has 1 aliphatic heterocycles. The van der Waals surface area contributed by atoms with Gasteiger partial charge in [0.05, 0.1) is 5.69 Å². The van der Waals surface area contributed by atoms with Crippen molar-refractivity contribution in [2.75, 3.05) is 18.0 Å². The maximum absolute atomic E-state index is 12.4. The third-order valence-electron chi connectivity index (χ3n) is 4.95. The summed E-state index contributed by atoms with van der Waals surface area (Å²) in [5.41, 5.74) is 3.71. The molecule has 5 heteroatoms. The van der Waals surface area contributed by atoms with Crippen LogP contribution in [0.25, 0.3) is 5.69 Å². The van der Waals surface area contributed by atoms with E-state index in [1.807, 2.05) is 30.3 Å². The molecule has 0 saturated carbocycles. The zero-order valence-corrected chi connectivity index (χ0v) is 15.3. The van der Waals surface area contributed by atoms with Crippen molar-refractivity contribution in [1.82, 2.24) is 15.1 Å². The molecule has 1 N–H and O–H groups in total. The van der Waals surface area contributed by atoms with Gasteiger partial charge in [-0.2, -0.15) is 5.10 Å². The van der Waals surface area contributed by atoms with Crippen LogP contribution in [-0.4, -0.2) is 28.8 Å². The lowest BCUT2D eigenvalue weighted by molar-refractivity contribution is 0.0945. The Kier molecular flexibility index (Phi) is 5.19. The van der Waals surface area contributed by atoms with Crippen molar-refractivity contribution in [2.45, 2.75) is 25.8 Å². The summed E-state index contributed by atoms with van der Waals surface area (Å²) in [5.74, 6) is -0.162. The molecule has 0 atom stereocenters. The SMILES string of the molecule is O=C(NCc1ccc(N2CCCCC2)cc1)c1ccn(-c2ccccc2)n1. The van der Waals surface area contributed by atoms with Crippen molar-refractivity contribution in [3.63, 3.8) is 0 Å². The van der Waals surface area contributed by atoms with E-state index in [4.69, 9.17) is 0 Å². The highest BCUT2D eigenvalue weighted by atomic mass is 16.1. The molecule has 3 aromatic rings. The molecule has 2 aromatic carbocycles. The van der Waals surface area contributed by atoms with Gasteiger partial charge in [0, 0.05) is 31.5 Å². The van der Waals surface area contributed by atoms with E-state index in [9.17, 15) is 4.79 Å². The summed E-state index contributed by atoms with van der Waals surface area (Å²) in [4.78, 5) is 14.8. The van der Waals surface area contributed by atoms with Gasteiger partial charge in [0.15, 0.2) is 5.69 Å². The Morgan fingerprint density at radius 2 is 1.63 bits per heavy atom. The highest BCUT2D eigenvalue weighted by Gasteiger charge is 2.12. The van der Waals surface area contributed by atoms with E-state index in [-0.39, 0.29) is 5.91 Å². The van der Waals surface area contributed by atoms with Crippen LogP contribution in [0.1, 0.15) is 35.3 Å². The Labute approximate surface area is 159 Å². The highest BCUT2D eigenvalue weighted by Crippen LogP contribution is 2.20. The summed E-state index contributed by atoms with van der Waals surface area (Å²) < 4.78 is 1.71. The third kappa shape index (κ3) is 4.19. The van der Waals surface area contributed by atoms with Crippen LogP contribution in [0, 0.1) is 0 Å². The normalized spacial score (nSPS) is 14.1. The Balaban J connectivity index is 1.34. The summed E-state index contributed by atoms with van der Waals surface area (Å²) in [6.07, 6.45) is 5.68. The molecular formula is C22H24N4O. The molecule has 0 unspecified atom stereocenters. The van der Waals surface area contributed by atoms with Crippen LogP contribution in [0.15, 0.2) is 66.9 Å². The summed E-state index contributed by atoms with van der Waals surface area (Å²) >= 11 is 0. The van der Waals surface area contributed by atoms with E-state index in [0.29, 0.717) is 12.2 Å². The molecule has 2 heterocycles. The van der Waals surface area contributed by atoms with Crippen molar-refractivity contribution < 1.29 is 4.79 Å². The fraction of sp³-hybridized carbons (Fsp3) is 0.273. The number of aromatic nitrogens is 2. The molecule has 1 fully saturated rings. The first kappa shape index (κ1) is 17.3. The average molecular weight is 360 g/mol. The van der Waals surface area contributed by atoms with Crippen molar-refractivity contribution in [1.29, 1.82) is 0 Å². The quantitative estimate of drug-likeness (QED) is 0.753. The summed E-state index contributed by atoms with van der Waals surface area (Å²) in [5, 5.41) is 7.32. The van der Waals surface area contributed by atoms with Crippen molar-refractivity contribution in [3.8, 4) is 5.69 Å². The minimum absolute atomic E-state index is 0.162. The average Bonchev–Trinajstić information content (AvgIpc) is 3.24. The standard InChI is InChI=1S/C22H24N4O/c27-22(21-13-16-26(24-21)20-7-3-1-4-8-20)23-17-18-9-11-19(12-10-18)25-14-5-2-6-15-25/h1,3-4,7-13,16H,2,5-6,14-15,17H2,(H,23,27). The number of hydrogen-bond acceptors (Lipinski definition) is 3. The molecule has 1 amide bonds. The van der Waals surface area contributed by atoms with E-state index in [0.717, 1.165) is 24.3 Å². The van der Waals surface area contributed by atoms with Gasteiger partial charge in [-0.25, -0.2) is 4.68 Å². The second-order valence-electron chi connectivity index (χ2n) is 6.88. The number of benzene rings is 2. The van der Waals surface area contributed by atoms with Gasteiger partial charge in [-0.15, -0.1) is 0 Å². The van der Waals surface area contributed by atoms with Gasteiger partial charge in [0.1, 0.15) is 0 Å². The molecule has 27 heavy (non-hydrogen) atoms. The van der Waals surface area contributed by atoms with Crippen LogP contribution >= 0.6 is 0 Å². The number of para-hydroxylation sites is 1. The Morgan fingerprint density at radius 1 is 0.889 bits per heavy atom. The molecule has 1 aliphatic rings. The van der Waals surface area contributed by atoms with Gasteiger partial charge in [-0.05, 0) is 55.2 Å². The molecular weight excluding hydrogens is 336 g/mol. The predicted molar refractivity (Wildman–Crippen MR) is 107 cm³/mol. The van der Waals surface area contributed by atoms with Gasteiger partial charge in [-0.3, -0.25) is 4.79 Å². The number of carbonyl (C=O) groups is 1. The number of piperidine rings is 1. The van der Waals surface area contributed by atoms with Gasteiger partial charge in [0.2, 0.25) is 0 Å². The van der Waals surface area contributed by atoms with E-state index >= 15 is 0 Å². The zero-order chi connectivity index (χ0) is 18.5. The maximum atomic E-state index is 12.4. The number of anilines is 1. The topological polar surface area (TPSA) is 50.2 Å². The molecule has 1 saturated heterocycles. The lowest BCUT2D eigenvalue weighted by atomic mass is 10.1. The third-order valence-corrected chi connectivity index (χ3v) is 4.95. The smallest absolute Gasteiger partial charge is 0.272 e. The van der Waals surface area contributed by atoms with Crippen molar-refractivity contribution in [3.05, 3.63) is 78.1 Å². The second kappa shape index (κ2) is 8.08. The van der Waals surface area contributed by atoms with Gasteiger partial charge in [0.25, 0.3) is 5.91 Å². The zero-order valence-electron chi connectivity index (χ0n) is 15.3. The van der Waals surface area contributed by atoms with Crippen LogP contribution in [0.3, 0.4) is 0 Å². The lowest BCUT2D eigenvalue weighted by Crippen LogP contribution is -2.29. The molecule has 0 spiro atoms. The van der Waals surface area contributed by atoms with Gasteiger partial charge in [-0.1, -0.05) is 30.3 Å². The molecule has 0 radical (unpaired) electrons. The number of amides is 1. The van der Waals surface area contributed by atoms with Crippen LogP contribution in [0.4, 0.5) is 5.69 Å². The number of carbonyl (C=O) groups excluding carboxylic acids is 1. The van der Waals surface area contributed by atoms with E-state index < -0.39 is 0 Å². The lowest BCUT2D eigenvalue weighted by Gasteiger charge is -2.28. The first-order valence-corrected chi connectivity index (χ1v) is 9.53. The summed E-state index contributed by atoms with van der Waals surface area (Å²) in [7, 11) is 0. The van der Waals surface area contributed by atoms with Crippen molar-refractivity contribution >= 4 is 11.6 Å². The minimum atomic E-state index is -0.162. The second-order valence-corrected chi connectivity index (χ2v) is 6.88. The van der Waals surface area contributed by atoms with Crippen LogP contribution < -0.4 is 10.2 Å². The number of nitrogens with one attached hydrogen (secondary N) is 1. The van der Waals surface area contributed by atoms with E-state index in [2.05, 4.69) is 39.6 Å². The van der Waals surface area contributed by atoms with E-state index in [1.165, 1.54) is 24.9 Å². The fourth-order valence-electron chi connectivity index (χ4n) is 3.42. The fourth-order valence-corrected chi connectivity index (χ4v) is 3.42. The molecule has 138 valence electrons. The molecule has 4 rings (SSSR count). The molecule has 0 bridgehead atoms. The molecule has 1 aromatic heterocycles. The highest BCUT2D eigenvalue weighted by molar-refractivity contribution is 5.92. The van der Waals surface area contributed by atoms with Crippen LogP contribution in [0.2, 0.25) is 0 Å². The summed E-state index contributed by atoms with van der Waals surface area (Å²) in [6, 6.07) is 20.0. The number of rotatable bonds is 5. The largest absolute Gasteiger partial charge is 0.372 e. The van der Waals surface area contributed by atoms with Gasteiger partial charge < -0.3 is 10.2 Å². The Bertz CT molecular complexity index is 880. The Hall–Kier alpha value is -3.08. The van der Waals surface area contributed by atoms with Gasteiger partial charge >= 0.3 is 0 Å².